The number of ether oxygens (including phenoxy) is 6. The van der Waals surface area contributed by atoms with Crippen molar-refractivity contribution in [1.29, 1.82) is 0 Å². The lowest BCUT2D eigenvalue weighted by Crippen LogP contribution is -2.30. The van der Waals surface area contributed by atoms with Gasteiger partial charge in [0, 0.05) is 12.2 Å². The highest BCUT2D eigenvalue weighted by atomic mass is 16.6. The fraction of sp³-hybridized carbons (Fsp3) is 0.389. The maximum absolute atomic E-state index is 12.8. The highest BCUT2D eigenvalue weighted by molar-refractivity contribution is 5.90. The van der Waals surface area contributed by atoms with Crippen LogP contribution in [0.25, 0.3) is 0 Å². The molecular weight excluding hydrogens is 624 g/mol. The Morgan fingerprint density at radius 3 is 1.15 bits per heavy atom. The van der Waals surface area contributed by atoms with Crippen LogP contribution in [0, 0.1) is 11.8 Å². The SMILES string of the molecule is C=CC(=O)OCCCCOC(=O)c1ccc(OC(=O)C2CCC(C(=O)Oc3ccc(C(=O)OCCCCOC(=O)C=C)cc3)CC2)cc1. The van der Waals surface area contributed by atoms with Crippen LogP contribution >= 0.6 is 0 Å². The van der Waals surface area contributed by atoms with Crippen LogP contribution in [-0.2, 0) is 38.1 Å². The molecule has 1 aliphatic carbocycles. The van der Waals surface area contributed by atoms with Crippen LogP contribution in [0.2, 0.25) is 0 Å². The van der Waals surface area contributed by atoms with Crippen LogP contribution in [0.4, 0.5) is 0 Å². The standard InChI is InChI=1S/C36H40O12/c1-3-31(37)43-21-5-7-23-45-33(39)25-13-17-29(18-14-25)47-35(41)27-9-11-28(12-10-27)36(42)48-30-19-15-26(16-20-30)34(40)46-24-8-6-22-44-32(38)4-2/h3-4,13-20,27-28H,1-2,5-12,21-24H2. The first-order valence-corrected chi connectivity index (χ1v) is 15.8. The number of hydrogen-bond donors (Lipinski definition) is 0. The number of esters is 6. The van der Waals surface area contributed by atoms with E-state index in [1.807, 2.05) is 0 Å². The molecule has 1 saturated carbocycles. The highest BCUT2D eigenvalue weighted by Crippen LogP contribution is 2.31. The van der Waals surface area contributed by atoms with Crippen LogP contribution < -0.4 is 9.47 Å². The largest absolute Gasteiger partial charge is 0.463 e. The van der Waals surface area contributed by atoms with Crippen LogP contribution in [-0.4, -0.2) is 62.2 Å². The molecule has 0 heterocycles. The van der Waals surface area contributed by atoms with Crippen molar-refractivity contribution in [1.82, 2.24) is 0 Å². The van der Waals surface area contributed by atoms with Crippen molar-refractivity contribution in [2.45, 2.75) is 51.4 Å². The summed E-state index contributed by atoms with van der Waals surface area (Å²) in [5.74, 6) is -3.03. The zero-order chi connectivity index (χ0) is 34.7. The van der Waals surface area contributed by atoms with Gasteiger partial charge in [0.1, 0.15) is 11.5 Å². The van der Waals surface area contributed by atoms with E-state index in [4.69, 9.17) is 28.4 Å². The van der Waals surface area contributed by atoms with E-state index in [-0.39, 0.29) is 38.3 Å². The third-order valence-corrected chi connectivity index (χ3v) is 7.38. The van der Waals surface area contributed by atoms with E-state index in [9.17, 15) is 28.8 Å². The molecule has 0 aromatic heterocycles. The van der Waals surface area contributed by atoms with E-state index in [2.05, 4.69) is 13.2 Å². The number of hydrogen-bond acceptors (Lipinski definition) is 12. The number of carbonyl (C=O) groups excluding carboxylic acids is 6. The van der Waals surface area contributed by atoms with E-state index < -0.39 is 35.8 Å². The summed E-state index contributed by atoms with van der Waals surface area (Å²) in [6, 6.07) is 12.1. The summed E-state index contributed by atoms with van der Waals surface area (Å²) < 4.78 is 31.2. The van der Waals surface area contributed by atoms with Gasteiger partial charge in [-0.3, -0.25) is 9.59 Å². The topological polar surface area (TPSA) is 158 Å². The fourth-order valence-corrected chi connectivity index (χ4v) is 4.65. The molecule has 0 atom stereocenters. The molecule has 0 aliphatic heterocycles. The normalized spacial score (nSPS) is 15.2. The molecule has 1 aliphatic rings. The van der Waals surface area contributed by atoms with Gasteiger partial charge < -0.3 is 28.4 Å². The Labute approximate surface area is 279 Å². The molecule has 0 amide bonds. The molecular formula is C36H40O12. The molecule has 256 valence electrons. The minimum Gasteiger partial charge on any atom is -0.463 e. The first-order chi connectivity index (χ1) is 23.2. The molecule has 48 heavy (non-hydrogen) atoms. The summed E-state index contributed by atoms with van der Waals surface area (Å²) in [6.45, 7) is 7.39. The van der Waals surface area contributed by atoms with Crippen molar-refractivity contribution in [3.05, 3.63) is 85.0 Å². The summed E-state index contributed by atoms with van der Waals surface area (Å²) in [5.41, 5.74) is 0.609. The Morgan fingerprint density at radius 2 is 0.833 bits per heavy atom. The van der Waals surface area contributed by atoms with E-state index in [0.29, 0.717) is 74.0 Å². The van der Waals surface area contributed by atoms with Gasteiger partial charge in [-0.1, -0.05) is 13.2 Å². The zero-order valence-electron chi connectivity index (χ0n) is 26.7. The smallest absolute Gasteiger partial charge is 0.338 e. The van der Waals surface area contributed by atoms with Crippen molar-refractivity contribution in [3.63, 3.8) is 0 Å². The molecule has 0 N–H and O–H groups in total. The van der Waals surface area contributed by atoms with Gasteiger partial charge in [0.05, 0.1) is 49.4 Å². The van der Waals surface area contributed by atoms with Crippen molar-refractivity contribution in [2.75, 3.05) is 26.4 Å². The average molecular weight is 665 g/mol. The lowest BCUT2D eigenvalue weighted by Gasteiger charge is -2.25. The number of rotatable bonds is 18. The van der Waals surface area contributed by atoms with Crippen molar-refractivity contribution in [3.8, 4) is 11.5 Å². The highest BCUT2D eigenvalue weighted by Gasteiger charge is 2.32. The fourth-order valence-electron chi connectivity index (χ4n) is 4.65. The van der Waals surface area contributed by atoms with Gasteiger partial charge >= 0.3 is 35.8 Å². The van der Waals surface area contributed by atoms with Gasteiger partial charge in [-0.25, -0.2) is 19.2 Å². The lowest BCUT2D eigenvalue weighted by molar-refractivity contribution is -0.145. The maximum atomic E-state index is 12.8. The molecule has 0 unspecified atom stereocenters. The predicted molar refractivity (Wildman–Crippen MR) is 171 cm³/mol. The first kappa shape index (κ1) is 37.2. The monoisotopic (exact) mass is 664 g/mol. The number of benzene rings is 2. The van der Waals surface area contributed by atoms with E-state index >= 15 is 0 Å². The summed E-state index contributed by atoms with van der Waals surface area (Å²) in [7, 11) is 0. The molecule has 1 fully saturated rings. The third-order valence-electron chi connectivity index (χ3n) is 7.38. The summed E-state index contributed by atoms with van der Waals surface area (Å²) in [5, 5.41) is 0. The molecule has 12 heteroatoms. The van der Waals surface area contributed by atoms with Crippen molar-refractivity contribution >= 4 is 35.8 Å². The summed E-state index contributed by atoms with van der Waals surface area (Å²) in [6.07, 6.45) is 6.13. The summed E-state index contributed by atoms with van der Waals surface area (Å²) >= 11 is 0. The van der Waals surface area contributed by atoms with E-state index in [1.165, 1.54) is 48.5 Å². The number of unbranched alkanes of at least 4 members (excludes halogenated alkanes) is 2. The molecule has 2 aromatic carbocycles. The Balaban J connectivity index is 1.33. The molecule has 0 saturated heterocycles. The van der Waals surface area contributed by atoms with Crippen molar-refractivity contribution in [2.24, 2.45) is 11.8 Å². The first-order valence-electron chi connectivity index (χ1n) is 15.8. The Bertz CT molecular complexity index is 1310. The van der Waals surface area contributed by atoms with Crippen LogP contribution in [0.3, 0.4) is 0 Å². The Morgan fingerprint density at radius 1 is 0.521 bits per heavy atom. The second-order valence-electron chi connectivity index (χ2n) is 10.9. The Hall–Kier alpha value is -5.26. The van der Waals surface area contributed by atoms with Crippen LogP contribution in [0.5, 0.6) is 11.5 Å². The minimum atomic E-state index is -0.520. The Kier molecular flexibility index (Phi) is 15.6. The number of carbonyl (C=O) groups is 6. The molecule has 3 rings (SSSR count). The molecule has 0 radical (unpaired) electrons. The lowest BCUT2D eigenvalue weighted by atomic mass is 9.82. The van der Waals surface area contributed by atoms with Gasteiger partial charge in [-0.05, 0) is 99.9 Å². The van der Waals surface area contributed by atoms with Crippen LogP contribution in [0.1, 0.15) is 72.1 Å². The van der Waals surface area contributed by atoms with Gasteiger partial charge in [-0.15, -0.1) is 0 Å². The van der Waals surface area contributed by atoms with Crippen LogP contribution in [0.15, 0.2) is 73.8 Å². The molecule has 0 bridgehead atoms. The van der Waals surface area contributed by atoms with Gasteiger partial charge in [0.25, 0.3) is 0 Å². The van der Waals surface area contributed by atoms with Gasteiger partial charge in [-0.2, -0.15) is 0 Å². The quantitative estimate of drug-likeness (QED) is 0.0664. The molecule has 0 spiro atoms. The maximum Gasteiger partial charge on any atom is 0.338 e. The van der Waals surface area contributed by atoms with Gasteiger partial charge in [0.15, 0.2) is 0 Å². The second-order valence-corrected chi connectivity index (χ2v) is 10.9. The van der Waals surface area contributed by atoms with E-state index in [0.717, 1.165) is 12.2 Å². The predicted octanol–water partition coefficient (Wildman–Crippen LogP) is 5.34. The average Bonchev–Trinajstić information content (AvgIpc) is 3.11. The molecule has 2 aromatic rings. The minimum absolute atomic E-state index is 0.168. The molecule has 12 nitrogen and oxygen atoms in total. The third kappa shape index (κ3) is 12.9. The second kappa shape index (κ2) is 20.1. The van der Waals surface area contributed by atoms with Crippen molar-refractivity contribution < 1.29 is 57.2 Å². The zero-order valence-corrected chi connectivity index (χ0v) is 26.7. The van der Waals surface area contributed by atoms with E-state index in [1.54, 1.807) is 0 Å². The van der Waals surface area contributed by atoms with Gasteiger partial charge in [0.2, 0.25) is 0 Å². The summed E-state index contributed by atoms with van der Waals surface area (Å²) in [4.78, 5) is 72.0.